The first-order valence-electron chi connectivity index (χ1n) is 9.15. The number of rotatable bonds is 8. The molecule has 1 aromatic heterocycles. The van der Waals surface area contributed by atoms with E-state index in [0.717, 1.165) is 11.3 Å². The third-order valence-corrected chi connectivity index (χ3v) is 4.73. The van der Waals surface area contributed by atoms with Crippen molar-refractivity contribution < 1.29 is 13.9 Å². The van der Waals surface area contributed by atoms with Crippen LogP contribution in [0.3, 0.4) is 0 Å². The van der Waals surface area contributed by atoms with Crippen LogP contribution in [0.4, 0.5) is 0 Å². The van der Waals surface area contributed by atoms with Gasteiger partial charge in [-0.05, 0) is 43.9 Å². The van der Waals surface area contributed by atoms with Crippen molar-refractivity contribution >= 4 is 17.0 Å². The molecule has 1 amide bonds. The number of aryl methyl sites for hydroxylation is 1. The molecule has 28 heavy (non-hydrogen) atoms. The molecule has 0 aliphatic rings. The van der Waals surface area contributed by atoms with Crippen molar-refractivity contribution in [2.75, 3.05) is 27.7 Å². The number of nitrogens with one attached hydrogen (secondary N) is 1. The Bertz CT molecular complexity index is 1010. The van der Waals surface area contributed by atoms with E-state index in [2.05, 4.69) is 5.32 Å². The number of fused-ring (bicyclic) bond motifs is 1. The number of carbonyl (C=O) groups excluding carboxylic acids is 1. The highest BCUT2D eigenvalue weighted by Gasteiger charge is 2.16. The number of carbonyl (C=O) groups is 1. The first-order valence-corrected chi connectivity index (χ1v) is 9.15. The smallest absolute Gasteiger partial charge is 0.419 e. The number of aromatic nitrogens is 1. The molecule has 0 aliphatic carbocycles. The number of oxazole rings is 1. The van der Waals surface area contributed by atoms with E-state index in [0.29, 0.717) is 17.6 Å². The van der Waals surface area contributed by atoms with Gasteiger partial charge < -0.3 is 19.4 Å². The van der Waals surface area contributed by atoms with Gasteiger partial charge in [-0.15, -0.1) is 0 Å². The fourth-order valence-electron chi connectivity index (χ4n) is 3.19. The standard InChI is InChI=1S/C21H25N3O4/c1-23(2)18(15-7-6-8-16(13-15)27-3)14-22-20(25)11-12-24-17-9-4-5-10-19(17)28-21(24)26/h4-10,13,18H,11-12,14H2,1-3H3,(H,22,25). The Morgan fingerprint density at radius 1 is 1.21 bits per heavy atom. The number of ether oxygens (including phenoxy) is 1. The van der Waals surface area contributed by atoms with Gasteiger partial charge in [-0.25, -0.2) is 4.79 Å². The molecule has 0 saturated carbocycles. The van der Waals surface area contributed by atoms with Crippen LogP contribution in [0.1, 0.15) is 18.0 Å². The zero-order valence-electron chi connectivity index (χ0n) is 16.3. The van der Waals surface area contributed by atoms with E-state index in [1.165, 1.54) is 4.57 Å². The van der Waals surface area contributed by atoms with Gasteiger partial charge in [-0.3, -0.25) is 9.36 Å². The van der Waals surface area contributed by atoms with Crippen molar-refractivity contribution in [3.05, 3.63) is 64.6 Å². The number of nitrogens with zero attached hydrogens (tertiary/aromatic N) is 2. The van der Waals surface area contributed by atoms with Crippen LogP contribution in [-0.2, 0) is 11.3 Å². The van der Waals surface area contributed by atoms with E-state index in [1.54, 1.807) is 13.2 Å². The minimum Gasteiger partial charge on any atom is -0.497 e. The molecule has 1 heterocycles. The number of para-hydroxylation sites is 2. The van der Waals surface area contributed by atoms with Gasteiger partial charge in [0.1, 0.15) is 5.75 Å². The monoisotopic (exact) mass is 383 g/mol. The molecule has 1 unspecified atom stereocenters. The van der Waals surface area contributed by atoms with Gasteiger partial charge in [0.05, 0.1) is 18.7 Å². The minimum atomic E-state index is -0.448. The van der Waals surface area contributed by atoms with E-state index in [1.807, 2.05) is 61.5 Å². The van der Waals surface area contributed by atoms with Crippen LogP contribution in [0.2, 0.25) is 0 Å². The number of hydrogen-bond donors (Lipinski definition) is 1. The summed E-state index contributed by atoms with van der Waals surface area (Å²) in [5.74, 6) is 0.213. The molecule has 0 radical (unpaired) electrons. The number of likely N-dealkylation sites (N-methyl/N-ethyl adjacent to an activating group) is 1. The largest absolute Gasteiger partial charge is 0.497 e. The molecule has 7 nitrogen and oxygen atoms in total. The molecule has 0 fully saturated rings. The van der Waals surface area contributed by atoms with Crippen LogP contribution < -0.4 is 15.8 Å². The normalized spacial score (nSPS) is 12.3. The first-order chi connectivity index (χ1) is 13.5. The molecule has 7 heteroatoms. The van der Waals surface area contributed by atoms with Crippen molar-refractivity contribution in [1.29, 1.82) is 0 Å². The van der Waals surface area contributed by atoms with E-state index in [9.17, 15) is 9.59 Å². The molecular weight excluding hydrogens is 358 g/mol. The molecule has 2 aromatic carbocycles. The molecule has 1 N–H and O–H groups in total. The molecule has 148 valence electrons. The van der Waals surface area contributed by atoms with Gasteiger partial charge in [0, 0.05) is 19.5 Å². The third-order valence-electron chi connectivity index (χ3n) is 4.73. The molecule has 3 rings (SSSR count). The maximum Gasteiger partial charge on any atom is 0.419 e. The maximum absolute atomic E-state index is 12.4. The average Bonchev–Trinajstić information content (AvgIpc) is 3.01. The number of benzene rings is 2. The quantitative estimate of drug-likeness (QED) is 0.646. The van der Waals surface area contributed by atoms with Gasteiger partial charge in [0.25, 0.3) is 0 Å². The van der Waals surface area contributed by atoms with Crippen molar-refractivity contribution in [3.63, 3.8) is 0 Å². The van der Waals surface area contributed by atoms with Crippen LogP contribution in [0, 0.1) is 0 Å². The predicted molar refractivity (Wildman–Crippen MR) is 108 cm³/mol. The first kappa shape index (κ1) is 19.7. The van der Waals surface area contributed by atoms with Crippen molar-refractivity contribution in [3.8, 4) is 5.75 Å². The lowest BCUT2D eigenvalue weighted by Crippen LogP contribution is -2.35. The number of hydrogen-bond acceptors (Lipinski definition) is 5. The SMILES string of the molecule is COc1cccc(C(CNC(=O)CCn2c(=O)oc3ccccc32)N(C)C)c1. The highest BCUT2D eigenvalue weighted by atomic mass is 16.5. The van der Waals surface area contributed by atoms with Crippen molar-refractivity contribution in [1.82, 2.24) is 14.8 Å². The Morgan fingerprint density at radius 3 is 2.75 bits per heavy atom. The Morgan fingerprint density at radius 2 is 2.00 bits per heavy atom. The lowest BCUT2D eigenvalue weighted by molar-refractivity contribution is -0.121. The molecule has 0 spiro atoms. The molecular formula is C21H25N3O4. The Labute approximate surface area is 163 Å². The minimum absolute atomic E-state index is 0.0107. The fourth-order valence-corrected chi connectivity index (χ4v) is 3.19. The maximum atomic E-state index is 12.4. The lowest BCUT2D eigenvalue weighted by atomic mass is 10.1. The van der Waals surface area contributed by atoms with Crippen molar-refractivity contribution in [2.24, 2.45) is 0 Å². The summed E-state index contributed by atoms with van der Waals surface area (Å²) in [5.41, 5.74) is 2.28. The lowest BCUT2D eigenvalue weighted by Gasteiger charge is -2.25. The van der Waals surface area contributed by atoms with Crippen LogP contribution >= 0.6 is 0 Å². The number of amides is 1. The Hall–Kier alpha value is -3.06. The second kappa shape index (κ2) is 8.75. The van der Waals surface area contributed by atoms with Crippen molar-refractivity contribution in [2.45, 2.75) is 19.0 Å². The average molecular weight is 383 g/mol. The van der Waals surface area contributed by atoms with Gasteiger partial charge >= 0.3 is 5.76 Å². The molecule has 1 atom stereocenters. The number of methoxy groups -OCH3 is 1. The summed E-state index contributed by atoms with van der Waals surface area (Å²) in [5, 5.41) is 2.96. The van der Waals surface area contributed by atoms with Gasteiger partial charge in [-0.1, -0.05) is 24.3 Å². The second-order valence-electron chi connectivity index (χ2n) is 6.80. The highest BCUT2D eigenvalue weighted by molar-refractivity contribution is 5.76. The van der Waals surface area contributed by atoms with Crippen LogP contribution in [0.5, 0.6) is 5.75 Å². The molecule has 0 bridgehead atoms. The van der Waals surface area contributed by atoms with E-state index >= 15 is 0 Å². The predicted octanol–water partition coefficient (Wildman–Crippen LogP) is 2.41. The topological polar surface area (TPSA) is 76.7 Å². The Kier molecular flexibility index (Phi) is 6.16. The summed E-state index contributed by atoms with van der Waals surface area (Å²) in [6.45, 7) is 0.730. The zero-order chi connectivity index (χ0) is 20.1. The van der Waals surface area contributed by atoms with E-state index in [4.69, 9.17) is 9.15 Å². The zero-order valence-corrected chi connectivity index (χ0v) is 16.3. The van der Waals surface area contributed by atoms with Gasteiger partial charge in [0.15, 0.2) is 5.58 Å². The highest BCUT2D eigenvalue weighted by Crippen LogP contribution is 2.22. The van der Waals surface area contributed by atoms with Gasteiger partial charge in [-0.2, -0.15) is 0 Å². The van der Waals surface area contributed by atoms with E-state index in [-0.39, 0.29) is 24.9 Å². The summed E-state index contributed by atoms with van der Waals surface area (Å²) in [6.07, 6.45) is 0.196. The van der Waals surface area contributed by atoms with Gasteiger partial charge in [0.2, 0.25) is 5.91 Å². The molecule has 0 aliphatic heterocycles. The summed E-state index contributed by atoms with van der Waals surface area (Å²) in [6, 6.07) is 15.0. The van der Waals surface area contributed by atoms with Crippen LogP contribution in [0.15, 0.2) is 57.7 Å². The van der Waals surface area contributed by atoms with Crippen LogP contribution in [-0.4, -0.2) is 43.1 Å². The van der Waals surface area contributed by atoms with Crippen LogP contribution in [0.25, 0.3) is 11.1 Å². The summed E-state index contributed by atoms with van der Waals surface area (Å²) in [4.78, 5) is 26.4. The Balaban J connectivity index is 1.62. The summed E-state index contributed by atoms with van der Waals surface area (Å²) < 4.78 is 12.0. The fraction of sp³-hybridized carbons (Fsp3) is 0.333. The summed E-state index contributed by atoms with van der Waals surface area (Å²) >= 11 is 0. The third kappa shape index (κ3) is 4.43. The second-order valence-corrected chi connectivity index (χ2v) is 6.80. The molecule has 3 aromatic rings. The summed E-state index contributed by atoms with van der Waals surface area (Å²) in [7, 11) is 5.56. The van der Waals surface area contributed by atoms with E-state index < -0.39 is 5.76 Å². The molecule has 0 saturated heterocycles.